The van der Waals surface area contributed by atoms with Crippen LogP contribution in [0.2, 0.25) is 0 Å². The quantitative estimate of drug-likeness (QED) is 0.713. The van der Waals surface area contributed by atoms with Crippen LogP contribution < -0.4 is 11.1 Å². The van der Waals surface area contributed by atoms with Crippen molar-refractivity contribution in [2.24, 2.45) is 5.73 Å². The van der Waals surface area contributed by atoms with Crippen LogP contribution in [0, 0.1) is 0 Å². The van der Waals surface area contributed by atoms with Crippen LogP contribution in [0.15, 0.2) is 30.3 Å². The highest BCUT2D eigenvalue weighted by Crippen LogP contribution is 2.12. The monoisotopic (exact) mass is 236 g/mol. The minimum atomic E-state index is -0.541. The van der Waals surface area contributed by atoms with Crippen LogP contribution in [0.25, 0.3) is 0 Å². The van der Waals surface area contributed by atoms with Crippen molar-refractivity contribution in [1.82, 2.24) is 5.32 Å². The van der Waals surface area contributed by atoms with Gasteiger partial charge in [-0.1, -0.05) is 30.3 Å². The summed E-state index contributed by atoms with van der Waals surface area (Å²) in [5, 5.41) is 12.1. The van der Waals surface area contributed by atoms with Crippen LogP contribution >= 0.6 is 0 Å². The first-order valence-corrected chi connectivity index (χ1v) is 5.66. The minimum Gasteiger partial charge on any atom is -0.394 e. The summed E-state index contributed by atoms with van der Waals surface area (Å²) in [5.41, 5.74) is 6.12. The van der Waals surface area contributed by atoms with Gasteiger partial charge in [0.05, 0.1) is 12.6 Å². The van der Waals surface area contributed by atoms with E-state index in [2.05, 4.69) is 5.32 Å². The second-order valence-corrected chi connectivity index (χ2v) is 4.88. The Bertz CT molecular complexity index is 357. The molecule has 1 aromatic rings. The summed E-state index contributed by atoms with van der Waals surface area (Å²) >= 11 is 0. The zero-order valence-electron chi connectivity index (χ0n) is 10.3. The average Bonchev–Trinajstić information content (AvgIpc) is 2.24. The molecule has 0 fully saturated rings. The Balaban J connectivity index is 2.62. The van der Waals surface area contributed by atoms with Crippen LogP contribution in [-0.2, 0) is 4.79 Å². The van der Waals surface area contributed by atoms with Crippen LogP contribution in [0.3, 0.4) is 0 Å². The molecule has 0 spiro atoms. The molecule has 1 rings (SSSR count). The van der Waals surface area contributed by atoms with Gasteiger partial charge in [-0.3, -0.25) is 4.79 Å². The molecule has 4 heteroatoms. The standard InChI is InChI=1S/C13H20N2O2/c1-13(2,14)8-12(17)15-11(9-16)10-6-4-3-5-7-10/h3-7,11,16H,8-9,14H2,1-2H3,(H,15,17). The van der Waals surface area contributed by atoms with Crippen molar-refractivity contribution < 1.29 is 9.90 Å². The number of carbonyl (C=O) groups excluding carboxylic acids is 1. The molecule has 0 aliphatic rings. The molecule has 0 saturated carbocycles. The van der Waals surface area contributed by atoms with E-state index in [0.29, 0.717) is 0 Å². The number of hydrogen-bond acceptors (Lipinski definition) is 3. The van der Waals surface area contributed by atoms with Crippen molar-refractivity contribution in [1.29, 1.82) is 0 Å². The number of amides is 1. The maximum atomic E-state index is 11.7. The molecule has 4 N–H and O–H groups in total. The molecule has 1 atom stereocenters. The van der Waals surface area contributed by atoms with Gasteiger partial charge in [0.1, 0.15) is 0 Å². The zero-order valence-corrected chi connectivity index (χ0v) is 10.3. The Morgan fingerprint density at radius 1 is 1.41 bits per heavy atom. The number of aliphatic hydroxyl groups excluding tert-OH is 1. The molecule has 0 radical (unpaired) electrons. The van der Waals surface area contributed by atoms with Gasteiger partial charge in [-0.25, -0.2) is 0 Å². The zero-order chi connectivity index (χ0) is 12.9. The summed E-state index contributed by atoms with van der Waals surface area (Å²) in [6.07, 6.45) is 0.232. The highest BCUT2D eigenvalue weighted by molar-refractivity contribution is 5.77. The second-order valence-electron chi connectivity index (χ2n) is 4.88. The van der Waals surface area contributed by atoms with Gasteiger partial charge in [-0.15, -0.1) is 0 Å². The van der Waals surface area contributed by atoms with E-state index in [4.69, 9.17) is 5.73 Å². The molecule has 1 aromatic carbocycles. The van der Waals surface area contributed by atoms with Gasteiger partial charge in [0.15, 0.2) is 0 Å². The third-order valence-electron chi connectivity index (χ3n) is 2.34. The summed E-state index contributed by atoms with van der Waals surface area (Å²) < 4.78 is 0. The van der Waals surface area contributed by atoms with E-state index in [1.165, 1.54) is 0 Å². The van der Waals surface area contributed by atoms with Gasteiger partial charge in [0, 0.05) is 12.0 Å². The lowest BCUT2D eigenvalue weighted by molar-refractivity contribution is -0.123. The SMILES string of the molecule is CC(C)(N)CC(=O)NC(CO)c1ccccc1. The number of nitrogens with one attached hydrogen (secondary N) is 1. The van der Waals surface area contributed by atoms with E-state index in [9.17, 15) is 9.90 Å². The molecule has 0 aliphatic carbocycles. The van der Waals surface area contributed by atoms with E-state index in [0.717, 1.165) is 5.56 Å². The van der Waals surface area contributed by atoms with Crippen LogP contribution in [-0.4, -0.2) is 23.2 Å². The maximum absolute atomic E-state index is 11.7. The molecule has 0 aliphatic heterocycles. The fourth-order valence-electron chi connectivity index (χ4n) is 1.58. The lowest BCUT2D eigenvalue weighted by Gasteiger charge is -2.21. The average molecular weight is 236 g/mol. The number of nitrogens with two attached hydrogens (primary N) is 1. The first-order chi connectivity index (χ1) is 7.92. The van der Waals surface area contributed by atoms with Crippen molar-refractivity contribution in [3.8, 4) is 0 Å². The highest BCUT2D eigenvalue weighted by atomic mass is 16.3. The highest BCUT2D eigenvalue weighted by Gasteiger charge is 2.19. The molecule has 0 heterocycles. The Morgan fingerprint density at radius 2 is 2.00 bits per heavy atom. The molecular weight excluding hydrogens is 216 g/mol. The minimum absolute atomic E-state index is 0.124. The van der Waals surface area contributed by atoms with Gasteiger partial charge in [-0.2, -0.15) is 0 Å². The summed E-state index contributed by atoms with van der Waals surface area (Å²) in [6, 6.07) is 9.01. The van der Waals surface area contributed by atoms with Gasteiger partial charge in [-0.05, 0) is 19.4 Å². The molecule has 0 saturated heterocycles. The molecule has 0 bridgehead atoms. The molecule has 4 nitrogen and oxygen atoms in total. The molecule has 94 valence electrons. The molecule has 1 amide bonds. The van der Waals surface area contributed by atoms with Gasteiger partial charge >= 0.3 is 0 Å². The first kappa shape index (κ1) is 13.7. The maximum Gasteiger partial charge on any atom is 0.222 e. The number of rotatable bonds is 5. The molecule has 0 aromatic heterocycles. The summed E-state index contributed by atoms with van der Waals surface area (Å²) in [4.78, 5) is 11.7. The van der Waals surface area contributed by atoms with Crippen LogP contribution in [0.1, 0.15) is 31.9 Å². The lowest BCUT2D eigenvalue weighted by atomic mass is 10.0. The fraction of sp³-hybridized carbons (Fsp3) is 0.462. The number of aliphatic hydroxyl groups is 1. The number of benzene rings is 1. The van der Waals surface area contributed by atoms with E-state index < -0.39 is 5.54 Å². The van der Waals surface area contributed by atoms with Crippen molar-refractivity contribution in [3.05, 3.63) is 35.9 Å². The van der Waals surface area contributed by atoms with E-state index in [1.807, 2.05) is 30.3 Å². The van der Waals surface area contributed by atoms with Crippen molar-refractivity contribution in [3.63, 3.8) is 0 Å². The lowest BCUT2D eigenvalue weighted by Crippen LogP contribution is -2.40. The van der Waals surface area contributed by atoms with Crippen molar-refractivity contribution in [2.45, 2.75) is 31.8 Å². The third kappa shape index (κ3) is 4.97. The number of hydrogen-bond donors (Lipinski definition) is 3. The summed E-state index contributed by atoms with van der Waals surface area (Å²) in [5.74, 6) is -0.152. The predicted octanol–water partition coefficient (Wildman–Crippen LogP) is 0.964. The molecule has 17 heavy (non-hydrogen) atoms. The Hall–Kier alpha value is -1.39. The Morgan fingerprint density at radius 3 is 2.47 bits per heavy atom. The van der Waals surface area contributed by atoms with Crippen LogP contribution in [0.5, 0.6) is 0 Å². The van der Waals surface area contributed by atoms with E-state index in [-0.39, 0.29) is 25.0 Å². The van der Waals surface area contributed by atoms with Gasteiger partial charge < -0.3 is 16.2 Å². The van der Waals surface area contributed by atoms with E-state index in [1.54, 1.807) is 13.8 Å². The fourth-order valence-corrected chi connectivity index (χ4v) is 1.58. The van der Waals surface area contributed by atoms with Gasteiger partial charge in [0.2, 0.25) is 5.91 Å². The van der Waals surface area contributed by atoms with E-state index >= 15 is 0 Å². The first-order valence-electron chi connectivity index (χ1n) is 5.66. The predicted molar refractivity (Wildman–Crippen MR) is 67.3 cm³/mol. The summed E-state index contributed by atoms with van der Waals surface area (Å²) in [7, 11) is 0. The van der Waals surface area contributed by atoms with Crippen LogP contribution in [0.4, 0.5) is 0 Å². The number of carbonyl (C=O) groups is 1. The molecule has 1 unspecified atom stereocenters. The summed E-state index contributed by atoms with van der Waals surface area (Å²) in [6.45, 7) is 3.47. The smallest absolute Gasteiger partial charge is 0.222 e. The van der Waals surface area contributed by atoms with Crippen molar-refractivity contribution >= 4 is 5.91 Å². The third-order valence-corrected chi connectivity index (χ3v) is 2.34. The largest absolute Gasteiger partial charge is 0.394 e. The van der Waals surface area contributed by atoms with Crippen molar-refractivity contribution in [2.75, 3.05) is 6.61 Å². The normalized spacial score (nSPS) is 13.2. The second kappa shape index (κ2) is 5.80. The Labute approximate surface area is 102 Å². The topological polar surface area (TPSA) is 75.4 Å². The molecular formula is C13H20N2O2. The van der Waals surface area contributed by atoms with Gasteiger partial charge in [0.25, 0.3) is 0 Å². The Kier molecular flexibility index (Phi) is 4.66.